The highest BCUT2D eigenvalue weighted by atomic mass is 79.9. The third-order valence-corrected chi connectivity index (χ3v) is 4.03. The largest absolute Gasteiger partial charge is 0.351 e. The van der Waals surface area contributed by atoms with Crippen molar-refractivity contribution in [2.24, 2.45) is 0 Å². The van der Waals surface area contributed by atoms with Gasteiger partial charge in [0.25, 0.3) is 5.91 Å². The van der Waals surface area contributed by atoms with E-state index in [1.165, 1.54) is 0 Å². The van der Waals surface area contributed by atoms with Crippen molar-refractivity contribution in [3.05, 3.63) is 45.7 Å². The summed E-state index contributed by atoms with van der Waals surface area (Å²) < 4.78 is 0.850. The van der Waals surface area contributed by atoms with Crippen LogP contribution in [0.25, 0.3) is 0 Å². The van der Waals surface area contributed by atoms with Crippen LogP contribution in [0.3, 0.4) is 0 Å². The Balaban J connectivity index is 1.80. The van der Waals surface area contributed by atoms with Crippen LogP contribution in [0.4, 0.5) is 11.6 Å². The Morgan fingerprint density at radius 3 is 2.68 bits per heavy atom. The Labute approximate surface area is 137 Å². The fourth-order valence-electron chi connectivity index (χ4n) is 2.07. The molecule has 2 aromatic rings. The normalized spacial score (nSPS) is 13.8. The summed E-state index contributed by atoms with van der Waals surface area (Å²) in [5, 5.41) is 6.10. The maximum atomic E-state index is 12.4. The minimum atomic E-state index is -0.242. The molecule has 22 heavy (non-hydrogen) atoms. The number of halogens is 1. The van der Waals surface area contributed by atoms with E-state index < -0.39 is 0 Å². The standard InChI is InChI=1S/C16H17BrN4O/c1-9-3-6-13(12(17)7-9)20-15(22)14-8-10(2)18-16(21-14)19-11-4-5-11/h3,6-8,11H,4-5H2,1-2H3,(H,20,22)(H,18,19,21). The number of nitrogens with one attached hydrogen (secondary N) is 2. The van der Waals surface area contributed by atoms with Gasteiger partial charge >= 0.3 is 0 Å². The molecular formula is C16H17BrN4O. The van der Waals surface area contributed by atoms with Crippen LogP contribution >= 0.6 is 15.9 Å². The molecule has 1 aromatic carbocycles. The SMILES string of the molecule is Cc1ccc(NC(=O)c2cc(C)nc(NC3CC3)n2)c(Br)c1. The van der Waals surface area contributed by atoms with Gasteiger partial charge in [0.1, 0.15) is 5.69 Å². The van der Waals surface area contributed by atoms with E-state index in [1.54, 1.807) is 6.07 Å². The number of hydrogen-bond donors (Lipinski definition) is 2. The number of amides is 1. The lowest BCUT2D eigenvalue weighted by atomic mass is 10.2. The smallest absolute Gasteiger partial charge is 0.274 e. The van der Waals surface area contributed by atoms with Crippen LogP contribution in [0.1, 0.15) is 34.6 Å². The number of rotatable bonds is 4. The number of nitrogens with zero attached hydrogens (tertiary/aromatic N) is 2. The topological polar surface area (TPSA) is 66.9 Å². The molecule has 0 spiro atoms. The summed E-state index contributed by atoms with van der Waals surface area (Å²) >= 11 is 3.46. The highest BCUT2D eigenvalue weighted by molar-refractivity contribution is 9.10. The zero-order chi connectivity index (χ0) is 15.7. The monoisotopic (exact) mass is 360 g/mol. The van der Waals surface area contributed by atoms with Gasteiger partial charge in [0.15, 0.2) is 0 Å². The van der Waals surface area contributed by atoms with E-state index >= 15 is 0 Å². The lowest BCUT2D eigenvalue weighted by Crippen LogP contribution is -2.17. The Hall–Kier alpha value is -1.95. The zero-order valence-electron chi connectivity index (χ0n) is 12.5. The van der Waals surface area contributed by atoms with Crippen molar-refractivity contribution in [1.29, 1.82) is 0 Å². The van der Waals surface area contributed by atoms with E-state index in [2.05, 4.69) is 36.5 Å². The van der Waals surface area contributed by atoms with Gasteiger partial charge in [-0.2, -0.15) is 0 Å². The number of hydrogen-bond acceptors (Lipinski definition) is 4. The second-order valence-corrected chi connectivity index (χ2v) is 6.43. The predicted octanol–water partition coefficient (Wildman–Crippen LogP) is 3.68. The number of anilines is 2. The van der Waals surface area contributed by atoms with E-state index in [1.807, 2.05) is 32.0 Å². The molecule has 1 aliphatic rings. The summed E-state index contributed by atoms with van der Waals surface area (Å²) in [6, 6.07) is 7.92. The molecule has 114 valence electrons. The quantitative estimate of drug-likeness (QED) is 0.872. The summed E-state index contributed by atoms with van der Waals surface area (Å²) in [7, 11) is 0. The van der Waals surface area contributed by atoms with Crippen LogP contribution in [0, 0.1) is 13.8 Å². The predicted molar refractivity (Wildman–Crippen MR) is 90.2 cm³/mol. The Morgan fingerprint density at radius 1 is 1.23 bits per heavy atom. The average Bonchev–Trinajstić information content (AvgIpc) is 3.25. The van der Waals surface area contributed by atoms with Gasteiger partial charge < -0.3 is 10.6 Å². The maximum Gasteiger partial charge on any atom is 0.274 e. The van der Waals surface area contributed by atoms with Crippen LogP contribution in [0.15, 0.2) is 28.7 Å². The molecule has 1 aromatic heterocycles. The van der Waals surface area contributed by atoms with Crippen molar-refractivity contribution in [2.45, 2.75) is 32.7 Å². The fourth-order valence-corrected chi connectivity index (χ4v) is 2.66. The highest BCUT2D eigenvalue weighted by Crippen LogP contribution is 2.25. The van der Waals surface area contributed by atoms with E-state index in [0.29, 0.717) is 17.7 Å². The first-order valence-corrected chi connectivity index (χ1v) is 8.00. The summed E-state index contributed by atoms with van der Waals surface area (Å²) in [5.74, 6) is 0.282. The van der Waals surface area contributed by atoms with Crippen molar-refractivity contribution >= 4 is 33.5 Å². The number of benzene rings is 1. The molecule has 0 bridgehead atoms. The second-order valence-electron chi connectivity index (χ2n) is 5.57. The van der Waals surface area contributed by atoms with Crippen LogP contribution in [-0.2, 0) is 0 Å². The van der Waals surface area contributed by atoms with Gasteiger partial charge in [-0.05, 0) is 66.4 Å². The molecule has 0 saturated heterocycles. The van der Waals surface area contributed by atoms with E-state index in [0.717, 1.165) is 34.3 Å². The van der Waals surface area contributed by atoms with Gasteiger partial charge in [-0.25, -0.2) is 9.97 Å². The third-order valence-electron chi connectivity index (χ3n) is 3.37. The summed E-state index contributed by atoms with van der Waals surface area (Å²) in [5.41, 5.74) is 2.98. The molecule has 1 amide bonds. The minimum Gasteiger partial charge on any atom is -0.351 e. The second kappa shape index (κ2) is 6.04. The highest BCUT2D eigenvalue weighted by Gasteiger charge is 2.22. The zero-order valence-corrected chi connectivity index (χ0v) is 14.1. The van der Waals surface area contributed by atoms with Gasteiger partial charge in [0.05, 0.1) is 5.69 Å². The van der Waals surface area contributed by atoms with Gasteiger partial charge in [-0.1, -0.05) is 6.07 Å². The molecule has 6 heteroatoms. The molecule has 2 N–H and O–H groups in total. The Morgan fingerprint density at radius 2 is 2.00 bits per heavy atom. The van der Waals surface area contributed by atoms with E-state index in [9.17, 15) is 4.79 Å². The first-order valence-electron chi connectivity index (χ1n) is 7.21. The molecule has 3 rings (SSSR count). The van der Waals surface area contributed by atoms with Crippen LogP contribution in [0.2, 0.25) is 0 Å². The van der Waals surface area contributed by atoms with E-state index in [4.69, 9.17) is 0 Å². The fraction of sp³-hybridized carbons (Fsp3) is 0.312. The number of carbonyl (C=O) groups excluding carboxylic acids is 1. The molecule has 0 atom stereocenters. The van der Waals surface area contributed by atoms with Crippen LogP contribution in [0.5, 0.6) is 0 Å². The lowest BCUT2D eigenvalue weighted by molar-refractivity contribution is 0.102. The van der Waals surface area contributed by atoms with Crippen molar-refractivity contribution < 1.29 is 4.79 Å². The molecule has 0 aliphatic heterocycles. The van der Waals surface area contributed by atoms with Gasteiger partial charge in [0.2, 0.25) is 5.95 Å². The van der Waals surface area contributed by atoms with Crippen molar-refractivity contribution in [3.8, 4) is 0 Å². The van der Waals surface area contributed by atoms with Gasteiger partial charge in [-0.15, -0.1) is 0 Å². The van der Waals surface area contributed by atoms with Crippen LogP contribution < -0.4 is 10.6 Å². The molecule has 1 saturated carbocycles. The molecular weight excluding hydrogens is 344 g/mol. The van der Waals surface area contributed by atoms with Crippen molar-refractivity contribution in [1.82, 2.24) is 9.97 Å². The van der Waals surface area contributed by atoms with Gasteiger partial charge in [0, 0.05) is 16.2 Å². The van der Waals surface area contributed by atoms with E-state index in [-0.39, 0.29) is 5.91 Å². The summed E-state index contributed by atoms with van der Waals surface area (Å²) in [6.07, 6.45) is 2.27. The molecule has 1 fully saturated rings. The van der Waals surface area contributed by atoms with Crippen LogP contribution in [-0.4, -0.2) is 21.9 Å². The van der Waals surface area contributed by atoms with Crippen molar-refractivity contribution in [3.63, 3.8) is 0 Å². The van der Waals surface area contributed by atoms with Crippen molar-refractivity contribution in [2.75, 3.05) is 10.6 Å². The average molecular weight is 361 g/mol. The summed E-state index contributed by atoms with van der Waals surface area (Å²) in [4.78, 5) is 21.0. The number of aromatic nitrogens is 2. The molecule has 1 aliphatic carbocycles. The lowest BCUT2D eigenvalue weighted by Gasteiger charge is -2.10. The maximum absolute atomic E-state index is 12.4. The molecule has 1 heterocycles. The van der Waals surface area contributed by atoms with Gasteiger partial charge in [-0.3, -0.25) is 4.79 Å². The minimum absolute atomic E-state index is 0.242. The molecule has 0 unspecified atom stereocenters. The first-order chi connectivity index (χ1) is 10.5. The summed E-state index contributed by atoms with van der Waals surface area (Å²) in [6.45, 7) is 3.86. The third kappa shape index (κ3) is 3.62. The Bertz CT molecular complexity index is 728. The number of carbonyl (C=O) groups is 1. The number of aryl methyl sites for hydroxylation is 2. The molecule has 0 radical (unpaired) electrons. The molecule has 5 nitrogen and oxygen atoms in total. The Kier molecular flexibility index (Phi) is 4.11. The first kappa shape index (κ1) is 15.0.